The number of aromatic nitrogens is 3. The second kappa shape index (κ2) is 5.20. The van der Waals surface area contributed by atoms with Gasteiger partial charge in [-0.2, -0.15) is 0 Å². The van der Waals surface area contributed by atoms with Crippen LogP contribution in [0.15, 0.2) is 18.6 Å². The predicted octanol–water partition coefficient (Wildman–Crippen LogP) is 0.859. The zero-order valence-electron chi connectivity index (χ0n) is 11.4. The van der Waals surface area contributed by atoms with Gasteiger partial charge in [-0.3, -0.25) is 4.79 Å². The molecular formula is C14H18N4O2. The van der Waals surface area contributed by atoms with Crippen molar-refractivity contribution in [1.29, 1.82) is 0 Å². The number of carbonyl (C=O) groups excluding carboxylic acids is 1. The largest absolute Gasteiger partial charge is 0.396 e. The highest BCUT2D eigenvalue weighted by atomic mass is 16.3. The number of aryl methyl sites for hydroxylation is 1. The summed E-state index contributed by atoms with van der Waals surface area (Å²) in [5, 5.41) is 12.1. The molecule has 20 heavy (non-hydrogen) atoms. The van der Waals surface area contributed by atoms with Gasteiger partial charge in [-0.1, -0.05) is 0 Å². The highest BCUT2D eigenvalue weighted by Crippen LogP contribution is 2.34. The topological polar surface area (TPSA) is 80.0 Å². The van der Waals surface area contributed by atoms with Gasteiger partial charge in [-0.25, -0.2) is 9.97 Å². The summed E-state index contributed by atoms with van der Waals surface area (Å²) < 4.78 is 1.82. The van der Waals surface area contributed by atoms with Crippen molar-refractivity contribution in [3.05, 3.63) is 24.2 Å². The monoisotopic (exact) mass is 274 g/mol. The van der Waals surface area contributed by atoms with Crippen LogP contribution in [0.2, 0.25) is 0 Å². The summed E-state index contributed by atoms with van der Waals surface area (Å²) in [5.41, 5.74) is 1.99. The van der Waals surface area contributed by atoms with Crippen molar-refractivity contribution >= 4 is 17.1 Å². The van der Waals surface area contributed by atoms with Crippen molar-refractivity contribution in [2.24, 2.45) is 13.0 Å². The second-order valence-corrected chi connectivity index (χ2v) is 5.35. The van der Waals surface area contributed by atoms with Crippen molar-refractivity contribution < 1.29 is 9.90 Å². The van der Waals surface area contributed by atoms with E-state index in [-0.39, 0.29) is 18.6 Å². The van der Waals surface area contributed by atoms with Gasteiger partial charge in [0.05, 0.1) is 11.9 Å². The van der Waals surface area contributed by atoms with Crippen molar-refractivity contribution in [1.82, 2.24) is 19.9 Å². The predicted molar refractivity (Wildman–Crippen MR) is 74.2 cm³/mol. The summed E-state index contributed by atoms with van der Waals surface area (Å²) in [4.78, 5) is 20.7. The highest BCUT2D eigenvalue weighted by molar-refractivity contribution is 5.96. The van der Waals surface area contributed by atoms with Gasteiger partial charge in [0.2, 0.25) is 0 Å². The van der Waals surface area contributed by atoms with E-state index >= 15 is 0 Å². The first-order valence-corrected chi connectivity index (χ1v) is 6.88. The van der Waals surface area contributed by atoms with E-state index in [1.807, 2.05) is 11.6 Å². The summed E-state index contributed by atoms with van der Waals surface area (Å²) >= 11 is 0. The minimum atomic E-state index is -0.143. The minimum Gasteiger partial charge on any atom is -0.396 e. The summed E-state index contributed by atoms with van der Waals surface area (Å²) in [7, 11) is 1.87. The summed E-state index contributed by atoms with van der Waals surface area (Å²) in [6, 6.07) is 1.81. The number of hydrogen-bond donors (Lipinski definition) is 2. The van der Waals surface area contributed by atoms with E-state index in [0.717, 1.165) is 18.5 Å². The quantitative estimate of drug-likeness (QED) is 0.847. The number of hydrogen-bond acceptors (Lipinski definition) is 4. The van der Waals surface area contributed by atoms with E-state index < -0.39 is 0 Å². The lowest BCUT2D eigenvalue weighted by atomic mass is 10.1. The van der Waals surface area contributed by atoms with Gasteiger partial charge in [0.1, 0.15) is 5.52 Å². The Morgan fingerprint density at radius 1 is 1.55 bits per heavy atom. The van der Waals surface area contributed by atoms with Crippen molar-refractivity contribution in [2.75, 3.05) is 6.61 Å². The lowest BCUT2D eigenvalue weighted by Gasteiger charge is -2.16. The van der Waals surface area contributed by atoms with E-state index in [1.54, 1.807) is 18.6 Å². The molecule has 1 atom stereocenters. The molecule has 0 bridgehead atoms. The molecule has 2 N–H and O–H groups in total. The number of imidazole rings is 1. The van der Waals surface area contributed by atoms with E-state index in [9.17, 15) is 4.79 Å². The van der Waals surface area contributed by atoms with E-state index in [4.69, 9.17) is 5.11 Å². The molecule has 2 aromatic heterocycles. The molecule has 6 heteroatoms. The molecular weight excluding hydrogens is 256 g/mol. The number of aliphatic hydroxyl groups excluding tert-OH is 1. The van der Waals surface area contributed by atoms with E-state index in [1.165, 1.54) is 0 Å². The van der Waals surface area contributed by atoms with Crippen LogP contribution in [0.1, 0.15) is 29.6 Å². The van der Waals surface area contributed by atoms with Crippen LogP contribution in [-0.4, -0.2) is 38.2 Å². The first-order valence-electron chi connectivity index (χ1n) is 6.88. The average molecular weight is 274 g/mol. The van der Waals surface area contributed by atoms with Crippen LogP contribution in [0.5, 0.6) is 0 Å². The van der Waals surface area contributed by atoms with Gasteiger partial charge in [0, 0.05) is 25.9 Å². The third kappa shape index (κ3) is 2.51. The smallest absolute Gasteiger partial charge is 0.253 e. The zero-order valence-corrected chi connectivity index (χ0v) is 11.4. The van der Waals surface area contributed by atoms with Gasteiger partial charge in [0.15, 0.2) is 5.65 Å². The zero-order chi connectivity index (χ0) is 14.1. The molecule has 0 spiro atoms. The maximum Gasteiger partial charge on any atom is 0.253 e. The molecule has 0 aliphatic heterocycles. The second-order valence-electron chi connectivity index (χ2n) is 5.35. The van der Waals surface area contributed by atoms with Crippen molar-refractivity contribution in [2.45, 2.75) is 25.3 Å². The molecule has 3 rings (SSSR count). The molecule has 1 aliphatic carbocycles. The number of fused-ring (bicyclic) bond motifs is 1. The third-order valence-electron chi connectivity index (χ3n) is 3.76. The normalized spacial score (nSPS) is 16.3. The summed E-state index contributed by atoms with van der Waals surface area (Å²) in [5.74, 6) is 0.369. The fourth-order valence-corrected chi connectivity index (χ4v) is 2.46. The molecule has 2 heterocycles. The van der Waals surface area contributed by atoms with Crippen LogP contribution >= 0.6 is 0 Å². The number of nitrogens with one attached hydrogen (secondary N) is 1. The number of carbonyl (C=O) groups is 1. The number of amides is 1. The molecule has 6 nitrogen and oxygen atoms in total. The molecule has 1 unspecified atom stereocenters. The van der Waals surface area contributed by atoms with Gasteiger partial charge < -0.3 is 15.0 Å². The lowest BCUT2D eigenvalue weighted by Crippen LogP contribution is -2.37. The van der Waals surface area contributed by atoms with Crippen LogP contribution in [0.3, 0.4) is 0 Å². The first kappa shape index (κ1) is 13.1. The van der Waals surface area contributed by atoms with Gasteiger partial charge in [-0.05, 0) is 31.2 Å². The molecule has 0 saturated heterocycles. The Balaban J connectivity index is 1.77. The highest BCUT2D eigenvalue weighted by Gasteiger charge is 2.32. The lowest BCUT2D eigenvalue weighted by molar-refractivity contribution is 0.0924. The summed E-state index contributed by atoms with van der Waals surface area (Å²) in [6.07, 6.45) is 6.11. The molecule has 2 aromatic rings. The number of pyridine rings is 1. The molecule has 0 radical (unpaired) electrons. The van der Waals surface area contributed by atoms with E-state index in [0.29, 0.717) is 23.4 Å². The Hall–Kier alpha value is -1.95. The Labute approximate surface area is 116 Å². The van der Waals surface area contributed by atoms with Crippen LogP contribution in [0.25, 0.3) is 11.2 Å². The van der Waals surface area contributed by atoms with Gasteiger partial charge >= 0.3 is 0 Å². The number of rotatable bonds is 5. The molecule has 0 aromatic carbocycles. The average Bonchev–Trinajstić information content (AvgIpc) is 3.23. The SMILES string of the molecule is Cn1cnc2cc(C(=O)NC(CCO)C3CC3)cnc21. The van der Waals surface area contributed by atoms with Crippen LogP contribution in [0.4, 0.5) is 0 Å². The molecule has 1 saturated carbocycles. The molecule has 1 amide bonds. The minimum absolute atomic E-state index is 0.0620. The fourth-order valence-electron chi connectivity index (χ4n) is 2.46. The number of nitrogens with zero attached hydrogens (tertiary/aromatic N) is 3. The summed E-state index contributed by atoms with van der Waals surface area (Å²) in [6.45, 7) is 0.0962. The first-order chi connectivity index (χ1) is 9.69. The van der Waals surface area contributed by atoms with Crippen molar-refractivity contribution in [3.8, 4) is 0 Å². The molecule has 1 fully saturated rings. The standard InChI is InChI=1S/C14H18N4O2/c1-18-8-16-12-6-10(7-15-13(12)18)14(20)17-11(4-5-19)9-2-3-9/h6-9,11,19H,2-5H2,1H3,(H,17,20). The van der Waals surface area contributed by atoms with Crippen LogP contribution in [-0.2, 0) is 7.05 Å². The maximum atomic E-state index is 12.2. The Morgan fingerprint density at radius 3 is 3.05 bits per heavy atom. The van der Waals surface area contributed by atoms with Crippen LogP contribution < -0.4 is 5.32 Å². The molecule has 1 aliphatic rings. The van der Waals surface area contributed by atoms with Crippen molar-refractivity contribution in [3.63, 3.8) is 0 Å². The number of aliphatic hydroxyl groups is 1. The van der Waals surface area contributed by atoms with Gasteiger partial charge in [0.25, 0.3) is 5.91 Å². The molecule has 106 valence electrons. The third-order valence-corrected chi connectivity index (χ3v) is 3.76. The fraction of sp³-hybridized carbons (Fsp3) is 0.500. The van der Waals surface area contributed by atoms with E-state index in [2.05, 4.69) is 15.3 Å². The maximum absolute atomic E-state index is 12.2. The Morgan fingerprint density at radius 2 is 2.35 bits per heavy atom. The Kier molecular flexibility index (Phi) is 3.40. The van der Waals surface area contributed by atoms with Crippen LogP contribution in [0, 0.1) is 5.92 Å². The van der Waals surface area contributed by atoms with Gasteiger partial charge in [-0.15, -0.1) is 0 Å². The Bertz CT molecular complexity index is 633.